The fourth-order valence-corrected chi connectivity index (χ4v) is 0.752. The third-order valence-corrected chi connectivity index (χ3v) is 1.52. The van der Waals surface area contributed by atoms with Crippen LogP contribution in [0.5, 0.6) is 0 Å². The van der Waals surface area contributed by atoms with Crippen LogP contribution in [0, 0.1) is 0 Å². The first-order valence-corrected chi connectivity index (χ1v) is 2.98. The summed E-state index contributed by atoms with van der Waals surface area (Å²) in [5, 5.41) is 8.33. The van der Waals surface area contributed by atoms with E-state index in [1.807, 2.05) is 0 Å². The van der Waals surface area contributed by atoms with E-state index >= 15 is 0 Å². The number of ether oxygens (including phenoxy) is 1. The van der Waals surface area contributed by atoms with Crippen molar-refractivity contribution in [2.24, 2.45) is 0 Å². The minimum absolute atomic E-state index is 1.68. The average Bonchev–Trinajstić information content (AvgIpc) is 1.96. The Kier molecular flexibility index (Phi) is 2.03. The molecule has 0 aromatic rings. The van der Waals surface area contributed by atoms with E-state index in [-0.39, 0.29) is 0 Å². The Hall–Kier alpha value is -0.430. The Morgan fingerprint density at radius 1 is 1.25 bits per heavy atom. The summed E-state index contributed by atoms with van der Waals surface area (Å²) in [4.78, 5) is 0. The standard InChI is InChI=1S/C5H5F5O2/c6-2-3(11)12-1-4(7,8)5(2,9)10/h2-3,11H,1H2. The summed E-state index contributed by atoms with van der Waals surface area (Å²) in [5.41, 5.74) is 0. The van der Waals surface area contributed by atoms with Gasteiger partial charge in [0.1, 0.15) is 6.61 Å². The maximum absolute atomic E-state index is 12.3. The molecule has 2 unspecified atom stereocenters. The Morgan fingerprint density at radius 3 is 2.17 bits per heavy atom. The highest BCUT2D eigenvalue weighted by Crippen LogP contribution is 2.43. The van der Waals surface area contributed by atoms with Crippen molar-refractivity contribution in [2.75, 3.05) is 6.61 Å². The van der Waals surface area contributed by atoms with Crippen molar-refractivity contribution < 1.29 is 31.8 Å². The molecule has 1 aliphatic rings. The van der Waals surface area contributed by atoms with Crippen LogP contribution in [0.25, 0.3) is 0 Å². The SMILES string of the molecule is OC1OCC(F)(F)C(F)(F)C1F. The number of halogens is 5. The lowest BCUT2D eigenvalue weighted by Crippen LogP contribution is -2.60. The molecule has 12 heavy (non-hydrogen) atoms. The number of aliphatic hydroxyl groups is 1. The van der Waals surface area contributed by atoms with Crippen molar-refractivity contribution in [1.29, 1.82) is 0 Å². The van der Waals surface area contributed by atoms with Crippen LogP contribution in [0.2, 0.25) is 0 Å². The van der Waals surface area contributed by atoms with Crippen LogP contribution >= 0.6 is 0 Å². The van der Waals surface area contributed by atoms with Crippen molar-refractivity contribution in [3.63, 3.8) is 0 Å². The van der Waals surface area contributed by atoms with Crippen LogP contribution in [0.4, 0.5) is 22.0 Å². The minimum Gasteiger partial charge on any atom is -0.365 e. The number of hydrogen-bond acceptors (Lipinski definition) is 2. The first-order valence-electron chi connectivity index (χ1n) is 2.98. The van der Waals surface area contributed by atoms with Gasteiger partial charge in [0.25, 0.3) is 0 Å². The zero-order valence-corrected chi connectivity index (χ0v) is 5.61. The van der Waals surface area contributed by atoms with E-state index in [0.29, 0.717) is 0 Å². The molecule has 0 aliphatic carbocycles. The van der Waals surface area contributed by atoms with E-state index < -0.39 is 30.9 Å². The summed E-state index contributed by atoms with van der Waals surface area (Å²) in [6.07, 6.45) is -5.87. The summed E-state index contributed by atoms with van der Waals surface area (Å²) < 4.78 is 64.8. The summed E-state index contributed by atoms with van der Waals surface area (Å²) in [6, 6.07) is 0. The molecule has 72 valence electrons. The predicted molar refractivity (Wildman–Crippen MR) is 26.7 cm³/mol. The van der Waals surface area contributed by atoms with Gasteiger partial charge in [0, 0.05) is 0 Å². The second kappa shape index (κ2) is 2.53. The molecule has 0 radical (unpaired) electrons. The number of rotatable bonds is 0. The van der Waals surface area contributed by atoms with Crippen LogP contribution in [-0.4, -0.2) is 36.0 Å². The largest absolute Gasteiger partial charge is 0.365 e. The van der Waals surface area contributed by atoms with Gasteiger partial charge in [-0.2, -0.15) is 17.6 Å². The molecule has 0 saturated carbocycles. The molecule has 0 amide bonds. The van der Waals surface area contributed by atoms with Crippen LogP contribution in [-0.2, 0) is 4.74 Å². The lowest BCUT2D eigenvalue weighted by molar-refractivity contribution is -0.344. The quantitative estimate of drug-likeness (QED) is 0.579. The second-order valence-electron chi connectivity index (χ2n) is 2.43. The fraction of sp³-hybridized carbons (Fsp3) is 1.00. The second-order valence-corrected chi connectivity index (χ2v) is 2.43. The highest BCUT2D eigenvalue weighted by Gasteiger charge is 2.67. The maximum Gasteiger partial charge on any atom is 0.348 e. The van der Waals surface area contributed by atoms with Crippen LogP contribution in [0.15, 0.2) is 0 Å². The van der Waals surface area contributed by atoms with Crippen LogP contribution in [0.1, 0.15) is 0 Å². The highest BCUT2D eigenvalue weighted by atomic mass is 19.3. The summed E-state index contributed by atoms with van der Waals surface area (Å²) in [5.74, 6) is -9.43. The van der Waals surface area contributed by atoms with E-state index in [9.17, 15) is 22.0 Å². The van der Waals surface area contributed by atoms with Crippen molar-refractivity contribution in [1.82, 2.24) is 0 Å². The van der Waals surface area contributed by atoms with Crippen LogP contribution in [0.3, 0.4) is 0 Å². The van der Waals surface area contributed by atoms with Gasteiger partial charge in [-0.15, -0.1) is 0 Å². The van der Waals surface area contributed by atoms with E-state index in [2.05, 4.69) is 4.74 Å². The van der Waals surface area contributed by atoms with E-state index in [0.717, 1.165) is 0 Å². The Morgan fingerprint density at radius 2 is 1.75 bits per heavy atom. The molecule has 0 spiro atoms. The van der Waals surface area contributed by atoms with Gasteiger partial charge in [-0.3, -0.25) is 0 Å². The fourth-order valence-electron chi connectivity index (χ4n) is 0.752. The maximum atomic E-state index is 12.3. The first kappa shape index (κ1) is 9.66. The van der Waals surface area contributed by atoms with Gasteiger partial charge in [-0.1, -0.05) is 0 Å². The molecular weight excluding hydrogens is 187 g/mol. The molecule has 1 N–H and O–H groups in total. The molecule has 0 bridgehead atoms. The van der Waals surface area contributed by atoms with Gasteiger partial charge < -0.3 is 9.84 Å². The Bertz CT molecular complexity index is 183. The summed E-state index contributed by atoms with van der Waals surface area (Å²) in [6.45, 7) is -1.68. The molecule has 1 rings (SSSR count). The molecule has 1 aliphatic heterocycles. The third-order valence-electron chi connectivity index (χ3n) is 1.52. The molecule has 1 fully saturated rings. The van der Waals surface area contributed by atoms with E-state index in [4.69, 9.17) is 5.11 Å². The van der Waals surface area contributed by atoms with Crippen molar-refractivity contribution in [2.45, 2.75) is 24.3 Å². The molecule has 0 aromatic carbocycles. The summed E-state index contributed by atoms with van der Waals surface area (Å²) >= 11 is 0. The molecular formula is C5H5F5O2. The number of aliphatic hydroxyl groups excluding tert-OH is 1. The van der Waals surface area contributed by atoms with Gasteiger partial charge in [0.15, 0.2) is 6.29 Å². The van der Waals surface area contributed by atoms with E-state index in [1.165, 1.54) is 0 Å². The van der Waals surface area contributed by atoms with Gasteiger partial charge in [-0.25, -0.2) is 4.39 Å². The monoisotopic (exact) mass is 192 g/mol. The average molecular weight is 192 g/mol. The van der Waals surface area contributed by atoms with Crippen molar-refractivity contribution in [3.05, 3.63) is 0 Å². The lowest BCUT2D eigenvalue weighted by atomic mass is 10.0. The van der Waals surface area contributed by atoms with Gasteiger partial charge in [0.2, 0.25) is 6.17 Å². The topological polar surface area (TPSA) is 29.5 Å². The smallest absolute Gasteiger partial charge is 0.348 e. The predicted octanol–water partition coefficient (Wildman–Crippen LogP) is 0.944. The van der Waals surface area contributed by atoms with Gasteiger partial charge >= 0.3 is 11.8 Å². The highest BCUT2D eigenvalue weighted by molar-refractivity contribution is 4.95. The van der Waals surface area contributed by atoms with Crippen molar-refractivity contribution in [3.8, 4) is 0 Å². The van der Waals surface area contributed by atoms with Gasteiger partial charge in [0.05, 0.1) is 0 Å². The van der Waals surface area contributed by atoms with Gasteiger partial charge in [-0.05, 0) is 0 Å². The molecule has 1 saturated heterocycles. The molecule has 2 atom stereocenters. The van der Waals surface area contributed by atoms with Crippen LogP contribution < -0.4 is 0 Å². The zero-order valence-electron chi connectivity index (χ0n) is 5.61. The molecule has 1 heterocycles. The molecule has 7 heteroatoms. The Balaban J connectivity index is 2.88. The molecule has 2 nitrogen and oxygen atoms in total. The lowest BCUT2D eigenvalue weighted by Gasteiger charge is -2.35. The van der Waals surface area contributed by atoms with E-state index in [1.54, 1.807) is 0 Å². The normalized spacial score (nSPS) is 39.5. The molecule has 0 aromatic heterocycles. The number of hydrogen-bond donors (Lipinski definition) is 1. The summed E-state index contributed by atoms with van der Waals surface area (Å²) in [7, 11) is 0. The third kappa shape index (κ3) is 1.16. The Labute approximate surface area is 63.9 Å². The first-order chi connectivity index (χ1) is 5.29. The minimum atomic E-state index is -4.87. The number of alkyl halides is 5. The van der Waals surface area contributed by atoms with Crippen molar-refractivity contribution >= 4 is 0 Å². The zero-order chi connectivity index (χ0) is 9.57.